The van der Waals surface area contributed by atoms with E-state index in [1.165, 1.54) is 0 Å². The largest absolute Gasteiger partial charge is 1.00 e. The highest BCUT2D eigenvalue weighted by atomic mass is 79.9. The molecule has 1 aliphatic heterocycles. The van der Waals surface area contributed by atoms with Crippen molar-refractivity contribution in [1.29, 1.82) is 0 Å². The molecule has 1 aromatic rings. The van der Waals surface area contributed by atoms with Crippen molar-refractivity contribution >= 4 is 11.9 Å². The molecule has 2 aliphatic rings. The third-order valence-electron chi connectivity index (χ3n) is 6.20. The quantitative estimate of drug-likeness (QED) is 0.426. The van der Waals surface area contributed by atoms with Crippen molar-refractivity contribution in [1.82, 2.24) is 0 Å². The molecule has 29 heavy (non-hydrogen) atoms. The summed E-state index contributed by atoms with van der Waals surface area (Å²) in [6.45, 7) is 3.72. The second kappa shape index (κ2) is 10.0. The lowest BCUT2D eigenvalue weighted by atomic mass is 9.80. The minimum Gasteiger partial charge on any atom is -1.00 e. The monoisotopic (exact) mass is 469 g/mol. The number of rotatable bonds is 7. The highest BCUT2D eigenvalue weighted by molar-refractivity contribution is 5.81. The van der Waals surface area contributed by atoms with Crippen LogP contribution in [0.1, 0.15) is 44.6 Å². The normalized spacial score (nSPS) is 26.4. The Morgan fingerprint density at radius 2 is 1.83 bits per heavy atom. The van der Waals surface area contributed by atoms with Gasteiger partial charge in [0.05, 0.1) is 20.2 Å². The van der Waals surface area contributed by atoms with Crippen molar-refractivity contribution < 1.29 is 45.6 Å². The molecule has 0 spiro atoms. The number of esters is 2. The van der Waals surface area contributed by atoms with Gasteiger partial charge in [0, 0.05) is 12.3 Å². The van der Waals surface area contributed by atoms with Crippen LogP contribution in [0, 0.1) is 5.92 Å². The Labute approximate surface area is 183 Å². The highest BCUT2D eigenvalue weighted by Crippen LogP contribution is 2.42. The number of hydrogen-bond donors (Lipinski definition) is 1. The van der Waals surface area contributed by atoms with E-state index in [1.807, 2.05) is 25.2 Å². The zero-order valence-electron chi connectivity index (χ0n) is 17.3. The SMILES string of the molecule is CCOC(=O)C[N@+]1(C)CC[C@@H](OC(=O)[C@](O)(c2ccccc2)C2CCCC2)C1.[Br-]. The number of ether oxygens (including phenoxy) is 2. The maximum Gasteiger partial charge on any atom is 0.361 e. The fourth-order valence-electron chi connectivity index (χ4n) is 4.69. The minimum atomic E-state index is -1.61. The van der Waals surface area contributed by atoms with Crippen LogP contribution in [0.25, 0.3) is 0 Å². The average Bonchev–Trinajstić information content (AvgIpc) is 3.32. The lowest BCUT2D eigenvalue weighted by Crippen LogP contribution is -3.00. The van der Waals surface area contributed by atoms with E-state index in [9.17, 15) is 14.7 Å². The lowest BCUT2D eigenvalue weighted by Gasteiger charge is -2.33. The molecule has 0 aromatic heterocycles. The molecule has 1 saturated heterocycles. The molecule has 1 N–H and O–H groups in total. The Bertz CT molecular complexity index is 694. The van der Waals surface area contributed by atoms with Gasteiger partial charge in [-0.15, -0.1) is 0 Å². The Balaban J connectivity index is 0.00000300. The number of carbonyl (C=O) groups excluding carboxylic acids is 2. The molecule has 3 atom stereocenters. The first-order valence-electron chi connectivity index (χ1n) is 10.4. The molecule has 7 heteroatoms. The Kier molecular flexibility index (Phi) is 8.26. The summed E-state index contributed by atoms with van der Waals surface area (Å²) < 4.78 is 11.4. The average molecular weight is 470 g/mol. The molecular formula is C22H32BrNO5. The number of quaternary nitrogens is 1. The van der Waals surface area contributed by atoms with Crippen LogP contribution in [-0.4, -0.2) is 60.9 Å². The third kappa shape index (κ3) is 5.38. The zero-order valence-corrected chi connectivity index (χ0v) is 18.9. The predicted octanol–water partition coefficient (Wildman–Crippen LogP) is -0.606. The van der Waals surface area contributed by atoms with E-state index >= 15 is 0 Å². The van der Waals surface area contributed by atoms with Gasteiger partial charge in [-0.1, -0.05) is 43.2 Å². The number of likely N-dealkylation sites (N-methyl/N-ethyl adjacent to an activating group) is 1. The van der Waals surface area contributed by atoms with Gasteiger partial charge in [0.25, 0.3) is 0 Å². The van der Waals surface area contributed by atoms with Crippen LogP contribution < -0.4 is 17.0 Å². The molecule has 0 amide bonds. The van der Waals surface area contributed by atoms with Crippen molar-refractivity contribution in [3.63, 3.8) is 0 Å². The van der Waals surface area contributed by atoms with Crippen LogP contribution in [-0.2, 0) is 24.7 Å². The topological polar surface area (TPSA) is 72.8 Å². The van der Waals surface area contributed by atoms with Gasteiger partial charge in [-0.3, -0.25) is 0 Å². The molecule has 0 radical (unpaired) electrons. The van der Waals surface area contributed by atoms with Gasteiger partial charge in [-0.05, 0) is 25.3 Å². The molecule has 2 fully saturated rings. The number of hydrogen-bond acceptors (Lipinski definition) is 5. The third-order valence-corrected chi connectivity index (χ3v) is 6.20. The molecule has 3 rings (SSSR count). The zero-order chi connectivity index (χ0) is 20.2. The van der Waals surface area contributed by atoms with E-state index in [2.05, 4.69) is 0 Å². The van der Waals surface area contributed by atoms with Gasteiger partial charge in [0.15, 0.2) is 18.2 Å². The van der Waals surface area contributed by atoms with Crippen LogP contribution in [0.15, 0.2) is 30.3 Å². The summed E-state index contributed by atoms with van der Waals surface area (Å²) in [6.07, 6.45) is 4.06. The van der Waals surface area contributed by atoms with E-state index in [1.54, 1.807) is 19.1 Å². The Morgan fingerprint density at radius 1 is 1.17 bits per heavy atom. The van der Waals surface area contributed by atoms with Crippen molar-refractivity contribution in [2.75, 3.05) is 33.3 Å². The number of likely N-dealkylation sites (tertiary alicyclic amines) is 1. The summed E-state index contributed by atoms with van der Waals surface area (Å²) in [5, 5.41) is 11.5. The first kappa shape index (κ1) is 23.8. The first-order valence-corrected chi connectivity index (χ1v) is 10.4. The Morgan fingerprint density at radius 3 is 2.45 bits per heavy atom. The molecule has 1 heterocycles. The highest BCUT2D eigenvalue weighted by Gasteiger charge is 2.50. The molecule has 162 valence electrons. The van der Waals surface area contributed by atoms with Gasteiger partial charge in [-0.25, -0.2) is 9.59 Å². The molecule has 0 unspecified atom stereocenters. The summed E-state index contributed by atoms with van der Waals surface area (Å²) in [5.41, 5.74) is -1.00. The fourth-order valence-corrected chi connectivity index (χ4v) is 4.69. The van der Waals surface area contributed by atoms with Crippen molar-refractivity contribution in [3.05, 3.63) is 35.9 Å². The Hall–Kier alpha value is -1.44. The number of benzene rings is 1. The second-order valence-corrected chi connectivity index (χ2v) is 8.42. The summed E-state index contributed by atoms with van der Waals surface area (Å²) in [5.74, 6) is -0.909. The molecule has 0 bridgehead atoms. The van der Waals surface area contributed by atoms with Crippen molar-refractivity contribution in [2.24, 2.45) is 5.92 Å². The maximum atomic E-state index is 13.2. The predicted molar refractivity (Wildman–Crippen MR) is 104 cm³/mol. The maximum absolute atomic E-state index is 13.2. The van der Waals surface area contributed by atoms with Crippen LogP contribution >= 0.6 is 0 Å². The molecule has 6 nitrogen and oxygen atoms in total. The summed E-state index contributed by atoms with van der Waals surface area (Å²) in [4.78, 5) is 25.0. The van der Waals surface area contributed by atoms with Crippen LogP contribution in [0.5, 0.6) is 0 Å². The van der Waals surface area contributed by atoms with E-state index < -0.39 is 11.6 Å². The summed E-state index contributed by atoms with van der Waals surface area (Å²) in [6, 6.07) is 9.15. The lowest BCUT2D eigenvalue weighted by molar-refractivity contribution is -0.891. The second-order valence-electron chi connectivity index (χ2n) is 8.42. The van der Waals surface area contributed by atoms with Gasteiger partial charge < -0.3 is 36.0 Å². The van der Waals surface area contributed by atoms with Gasteiger partial charge in [0.1, 0.15) is 6.54 Å². The first-order chi connectivity index (χ1) is 13.4. The smallest absolute Gasteiger partial charge is 0.361 e. The number of aliphatic hydroxyl groups is 1. The number of carbonyl (C=O) groups is 2. The van der Waals surface area contributed by atoms with E-state index in [0.717, 1.165) is 32.2 Å². The van der Waals surface area contributed by atoms with Crippen LogP contribution in [0.4, 0.5) is 0 Å². The van der Waals surface area contributed by atoms with E-state index in [0.29, 0.717) is 29.6 Å². The van der Waals surface area contributed by atoms with Crippen LogP contribution in [0.3, 0.4) is 0 Å². The van der Waals surface area contributed by atoms with Crippen molar-refractivity contribution in [2.45, 2.75) is 50.7 Å². The molecule has 1 aromatic carbocycles. The minimum absolute atomic E-state index is 0. The summed E-state index contributed by atoms with van der Waals surface area (Å²) >= 11 is 0. The van der Waals surface area contributed by atoms with E-state index in [-0.39, 0.29) is 41.5 Å². The number of halogens is 1. The van der Waals surface area contributed by atoms with Gasteiger partial charge in [0.2, 0.25) is 0 Å². The molecule has 1 saturated carbocycles. The summed E-state index contributed by atoms with van der Waals surface area (Å²) in [7, 11) is 1.98. The van der Waals surface area contributed by atoms with Crippen molar-refractivity contribution in [3.8, 4) is 0 Å². The van der Waals surface area contributed by atoms with E-state index in [4.69, 9.17) is 9.47 Å². The molecule has 1 aliphatic carbocycles. The van der Waals surface area contributed by atoms with Crippen LogP contribution in [0.2, 0.25) is 0 Å². The van der Waals surface area contributed by atoms with Gasteiger partial charge >= 0.3 is 11.9 Å². The molecular weight excluding hydrogens is 438 g/mol. The standard InChI is InChI=1S/C22H32NO5.BrH/c1-3-27-20(24)16-23(2)14-13-19(15-23)28-21(25)22(26,18-11-7-8-12-18)17-9-5-4-6-10-17;/h4-6,9-10,18-19,26H,3,7-8,11-16H2,1-2H3;1H/q+1;/p-1/t19-,22+,23-;/m1./s1. The van der Waals surface area contributed by atoms with Gasteiger partial charge in [-0.2, -0.15) is 0 Å². The fraction of sp³-hybridized carbons (Fsp3) is 0.636. The number of nitrogens with zero attached hydrogens (tertiary/aromatic N) is 1.